The van der Waals surface area contributed by atoms with Gasteiger partial charge >= 0.3 is 0 Å². The first-order chi connectivity index (χ1) is 18.0. The monoisotopic (exact) mass is 528 g/mol. The van der Waals surface area contributed by atoms with Gasteiger partial charge in [0.2, 0.25) is 0 Å². The van der Waals surface area contributed by atoms with Gasteiger partial charge in [0.25, 0.3) is 8.38 Å². The summed E-state index contributed by atoms with van der Waals surface area (Å²) in [4.78, 5) is 0. The van der Waals surface area contributed by atoms with Gasteiger partial charge in [-0.25, -0.2) is 0 Å². The minimum atomic E-state index is -1.12. The second-order valence-electron chi connectivity index (χ2n) is 8.03. The molecule has 2 saturated heterocycles. The van der Waals surface area contributed by atoms with E-state index in [-0.39, 0.29) is 12.6 Å². The molecule has 2 fully saturated rings. The van der Waals surface area contributed by atoms with E-state index in [1.807, 2.05) is 76.0 Å². The average Bonchev–Trinajstić information content (AvgIpc) is 3.65. The second-order valence-corrected chi connectivity index (χ2v) is 9.30. The van der Waals surface area contributed by atoms with Crippen LogP contribution in [0.3, 0.4) is 0 Å². The lowest BCUT2D eigenvalue weighted by Gasteiger charge is -2.17. The Balaban J connectivity index is 0.000000406. The van der Waals surface area contributed by atoms with Gasteiger partial charge in [-0.2, -0.15) is 0 Å². The predicted molar refractivity (Wildman–Crippen MR) is 151 cm³/mol. The molecule has 0 amide bonds. The molecule has 2 aliphatic heterocycles. The van der Waals surface area contributed by atoms with Crippen LogP contribution in [-0.4, -0.2) is 39.4 Å². The molecule has 1 atom stereocenters. The van der Waals surface area contributed by atoms with Crippen molar-refractivity contribution in [3.63, 3.8) is 0 Å². The van der Waals surface area contributed by atoms with Crippen molar-refractivity contribution in [2.24, 2.45) is 0 Å². The van der Waals surface area contributed by atoms with Crippen LogP contribution in [0.1, 0.15) is 43.8 Å². The van der Waals surface area contributed by atoms with Gasteiger partial charge in [-0.3, -0.25) is 0 Å². The molecule has 0 bridgehead atoms. The first kappa shape index (κ1) is 30.8. The molecule has 6 nitrogen and oxygen atoms in total. The second kappa shape index (κ2) is 17.9. The van der Waals surface area contributed by atoms with E-state index in [1.54, 1.807) is 6.26 Å². The van der Waals surface area contributed by atoms with Gasteiger partial charge < -0.3 is 28.0 Å². The van der Waals surface area contributed by atoms with Crippen molar-refractivity contribution in [3.05, 3.63) is 101 Å². The molecule has 2 aromatic carbocycles. The lowest BCUT2D eigenvalue weighted by molar-refractivity contribution is -0.0449. The van der Waals surface area contributed by atoms with Crippen molar-refractivity contribution in [1.82, 2.24) is 0 Å². The molecule has 202 valence electrons. The maximum atomic E-state index is 5.93. The molecule has 0 spiro atoms. The summed E-state index contributed by atoms with van der Waals surface area (Å²) >= 11 is 0. The Morgan fingerprint density at radius 2 is 1.38 bits per heavy atom. The van der Waals surface area contributed by atoms with Crippen molar-refractivity contribution >= 4 is 8.38 Å². The van der Waals surface area contributed by atoms with E-state index in [1.165, 1.54) is 11.1 Å². The van der Waals surface area contributed by atoms with E-state index in [0.29, 0.717) is 26.4 Å². The van der Waals surface area contributed by atoms with Gasteiger partial charge in [0.1, 0.15) is 5.75 Å². The van der Waals surface area contributed by atoms with Crippen molar-refractivity contribution in [1.29, 1.82) is 0 Å². The summed E-state index contributed by atoms with van der Waals surface area (Å²) in [6, 6.07) is 16.1. The van der Waals surface area contributed by atoms with Crippen LogP contribution in [0.5, 0.6) is 5.75 Å². The van der Waals surface area contributed by atoms with E-state index in [2.05, 4.69) is 38.1 Å². The Kier molecular flexibility index (Phi) is 14.9. The van der Waals surface area contributed by atoms with Crippen LogP contribution in [0.2, 0.25) is 0 Å². The normalized spacial score (nSPS) is 17.3. The van der Waals surface area contributed by atoms with Crippen LogP contribution in [0, 0.1) is 13.8 Å². The van der Waals surface area contributed by atoms with Gasteiger partial charge in [0.15, 0.2) is 12.6 Å². The zero-order valence-corrected chi connectivity index (χ0v) is 23.8. The number of ether oxygens (including phenoxy) is 4. The highest BCUT2D eigenvalue weighted by Gasteiger charge is 2.23. The van der Waals surface area contributed by atoms with Gasteiger partial charge in [-0.05, 0) is 49.6 Å². The lowest BCUT2D eigenvalue weighted by atomic mass is 10.1. The predicted octanol–water partition coefficient (Wildman–Crippen LogP) is 7.79. The topological polar surface area (TPSA) is 55.4 Å². The molecule has 0 radical (unpaired) electrons. The summed E-state index contributed by atoms with van der Waals surface area (Å²) in [6.07, 6.45) is 8.62. The largest absolute Gasteiger partial charge is 0.447 e. The SMILES string of the molecule is CC.C\C(=C/C=C\C=C\OP(C)Oc1ccccc1C1OCCO1)C1OCCO1.Cc1ccccc1C. The Hall–Kier alpha value is -2.47. The summed E-state index contributed by atoms with van der Waals surface area (Å²) in [5.41, 5.74) is 4.65. The molecule has 2 aromatic rings. The summed E-state index contributed by atoms with van der Waals surface area (Å²) in [6.45, 7) is 14.6. The van der Waals surface area contributed by atoms with Crippen LogP contribution in [0.25, 0.3) is 0 Å². The number of rotatable bonds is 8. The first-order valence-electron chi connectivity index (χ1n) is 12.7. The molecule has 2 aliphatic rings. The smallest absolute Gasteiger partial charge is 0.286 e. The highest BCUT2D eigenvalue weighted by molar-refractivity contribution is 7.46. The van der Waals surface area contributed by atoms with Gasteiger partial charge in [-0.15, -0.1) is 0 Å². The molecule has 0 saturated carbocycles. The third-order valence-electron chi connectivity index (χ3n) is 5.31. The Labute approximate surface area is 223 Å². The number of benzene rings is 2. The number of hydrogen-bond donors (Lipinski definition) is 0. The average molecular weight is 529 g/mol. The Morgan fingerprint density at radius 3 is 2.00 bits per heavy atom. The third-order valence-corrected chi connectivity index (χ3v) is 6.18. The zero-order valence-electron chi connectivity index (χ0n) is 22.9. The van der Waals surface area contributed by atoms with Crippen molar-refractivity contribution < 1.29 is 28.0 Å². The van der Waals surface area contributed by atoms with E-state index >= 15 is 0 Å². The fourth-order valence-electron chi connectivity index (χ4n) is 3.26. The van der Waals surface area contributed by atoms with Crippen LogP contribution in [0.15, 0.2) is 84.7 Å². The molecule has 0 aromatic heterocycles. The molecule has 4 rings (SSSR count). The van der Waals surface area contributed by atoms with E-state index in [4.69, 9.17) is 28.0 Å². The number of allylic oxidation sites excluding steroid dienone is 4. The fraction of sp³-hybridized carbons (Fsp3) is 0.400. The number of hydrogen-bond acceptors (Lipinski definition) is 6. The quantitative estimate of drug-likeness (QED) is 0.198. The van der Waals surface area contributed by atoms with Crippen molar-refractivity contribution in [2.75, 3.05) is 33.1 Å². The maximum absolute atomic E-state index is 5.93. The molecule has 7 heteroatoms. The van der Waals surface area contributed by atoms with Gasteiger partial charge in [-0.1, -0.05) is 74.5 Å². The number of aryl methyl sites for hydroxylation is 2. The van der Waals surface area contributed by atoms with Crippen LogP contribution < -0.4 is 4.52 Å². The van der Waals surface area contributed by atoms with E-state index < -0.39 is 8.38 Å². The fourth-order valence-corrected chi connectivity index (χ4v) is 3.98. The summed E-state index contributed by atoms with van der Waals surface area (Å²) in [7, 11) is -1.12. The summed E-state index contributed by atoms with van der Waals surface area (Å²) in [5.74, 6) is 0.720. The molecule has 2 heterocycles. The third kappa shape index (κ3) is 11.2. The Morgan fingerprint density at radius 1 is 0.811 bits per heavy atom. The number of para-hydroxylation sites is 1. The molecular formula is C30H41O6P. The van der Waals surface area contributed by atoms with Gasteiger partial charge in [0.05, 0.1) is 38.3 Å². The Bertz CT molecular complexity index is 970. The molecule has 0 aliphatic carbocycles. The maximum Gasteiger partial charge on any atom is 0.286 e. The van der Waals surface area contributed by atoms with Gasteiger partial charge in [0, 0.05) is 6.66 Å². The van der Waals surface area contributed by atoms with Crippen molar-refractivity contribution in [2.45, 2.75) is 47.2 Å². The zero-order chi connectivity index (χ0) is 26.9. The van der Waals surface area contributed by atoms with Crippen LogP contribution in [-0.2, 0) is 23.5 Å². The summed E-state index contributed by atoms with van der Waals surface area (Å²) in [5, 5.41) is 0. The van der Waals surface area contributed by atoms with Crippen LogP contribution in [0.4, 0.5) is 0 Å². The molecule has 1 unspecified atom stereocenters. The molecule has 0 N–H and O–H groups in total. The minimum Gasteiger partial charge on any atom is -0.447 e. The van der Waals surface area contributed by atoms with E-state index in [0.717, 1.165) is 16.9 Å². The van der Waals surface area contributed by atoms with E-state index in [9.17, 15) is 0 Å². The standard InChI is InChI=1S/C20H25O6P.C8H10.C2H6/c1-16(19-21-12-13-22-19)8-4-3-7-11-25-27(2)26-18-10-6-5-9-17(18)20-23-14-15-24-20;1-7-5-3-4-6-8(7)2;1-2/h3-11,19-20H,12-15H2,1-2H3;3-6H,1-2H3;1-2H3/b4-3-,11-7+,16-8+;;. The first-order valence-corrected chi connectivity index (χ1v) is 14.3. The highest BCUT2D eigenvalue weighted by atomic mass is 31.2. The molecule has 37 heavy (non-hydrogen) atoms. The minimum absolute atomic E-state index is 0.223. The summed E-state index contributed by atoms with van der Waals surface area (Å²) < 4.78 is 33.5. The highest BCUT2D eigenvalue weighted by Crippen LogP contribution is 2.40. The van der Waals surface area contributed by atoms with Crippen molar-refractivity contribution in [3.8, 4) is 5.75 Å². The van der Waals surface area contributed by atoms with Crippen LogP contribution >= 0.6 is 8.38 Å². The lowest BCUT2D eigenvalue weighted by Crippen LogP contribution is -2.08. The molecular weight excluding hydrogens is 487 g/mol.